The number of halogens is 1. The number of ether oxygens (including phenoxy) is 1. The summed E-state index contributed by atoms with van der Waals surface area (Å²) in [5, 5.41) is 6.36. The number of nitrogens with zero attached hydrogens (tertiary/aromatic N) is 2. The van der Waals surface area contributed by atoms with Crippen molar-refractivity contribution in [2.24, 2.45) is 4.99 Å². The highest BCUT2D eigenvalue weighted by atomic mass is 127. The zero-order valence-corrected chi connectivity index (χ0v) is 17.2. The Morgan fingerprint density at radius 3 is 2.23 bits per heavy atom. The standard InChI is InChI=1S/C13H30N4O3S.HI/c1-5-17(21(4,18)19)11-7-9-15-13(14-3)16-10-8-12-20-6-2;/h5-12H2,1-4H3,(H2,14,15,16);1H. The van der Waals surface area contributed by atoms with E-state index in [0.29, 0.717) is 19.6 Å². The molecule has 2 N–H and O–H groups in total. The van der Waals surface area contributed by atoms with Gasteiger partial charge in [-0.2, -0.15) is 0 Å². The molecular formula is C13H31IN4O3S. The van der Waals surface area contributed by atoms with E-state index in [1.54, 1.807) is 7.05 Å². The summed E-state index contributed by atoms with van der Waals surface area (Å²) in [6, 6.07) is 0. The average molecular weight is 450 g/mol. The van der Waals surface area contributed by atoms with Gasteiger partial charge < -0.3 is 15.4 Å². The highest BCUT2D eigenvalue weighted by Crippen LogP contribution is 1.98. The van der Waals surface area contributed by atoms with Gasteiger partial charge in [-0.1, -0.05) is 6.92 Å². The predicted octanol–water partition coefficient (Wildman–Crippen LogP) is 0.868. The molecule has 0 aromatic rings. The zero-order valence-electron chi connectivity index (χ0n) is 14.1. The lowest BCUT2D eigenvalue weighted by Crippen LogP contribution is -2.40. The van der Waals surface area contributed by atoms with E-state index in [9.17, 15) is 8.42 Å². The first-order valence-electron chi connectivity index (χ1n) is 7.43. The first kappa shape index (κ1) is 24.1. The van der Waals surface area contributed by atoms with Crippen LogP contribution in [0.2, 0.25) is 0 Å². The molecule has 0 aromatic carbocycles. The Hall–Kier alpha value is -0.130. The second kappa shape index (κ2) is 14.5. The molecule has 0 unspecified atom stereocenters. The third-order valence-electron chi connectivity index (χ3n) is 2.88. The minimum atomic E-state index is -3.10. The van der Waals surface area contributed by atoms with Gasteiger partial charge >= 0.3 is 0 Å². The summed E-state index contributed by atoms with van der Waals surface area (Å²) in [7, 11) is -1.38. The first-order chi connectivity index (χ1) is 9.95. The lowest BCUT2D eigenvalue weighted by Gasteiger charge is -2.18. The number of hydrogen-bond acceptors (Lipinski definition) is 4. The number of hydrogen-bond donors (Lipinski definition) is 2. The summed E-state index contributed by atoms with van der Waals surface area (Å²) in [6.07, 6.45) is 2.90. The van der Waals surface area contributed by atoms with Gasteiger partial charge in [0.1, 0.15) is 0 Å². The van der Waals surface area contributed by atoms with Gasteiger partial charge in [0, 0.05) is 46.4 Å². The van der Waals surface area contributed by atoms with E-state index in [1.165, 1.54) is 10.6 Å². The Labute approximate surface area is 152 Å². The number of guanidine groups is 1. The summed E-state index contributed by atoms with van der Waals surface area (Å²) < 4.78 is 29.6. The summed E-state index contributed by atoms with van der Waals surface area (Å²) in [5.41, 5.74) is 0. The Morgan fingerprint density at radius 2 is 1.77 bits per heavy atom. The van der Waals surface area contributed by atoms with E-state index in [0.717, 1.165) is 38.6 Å². The third kappa shape index (κ3) is 12.4. The first-order valence-corrected chi connectivity index (χ1v) is 9.27. The number of sulfonamides is 1. The van der Waals surface area contributed by atoms with Crippen LogP contribution in [-0.2, 0) is 14.8 Å². The van der Waals surface area contributed by atoms with Crippen molar-refractivity contribution < 1.29 is 13.2 Å². The van der Waals surface area contributed by atoms with Crippen molar-refractivity contribution in [3.05, 3.63) is 0 Å². The van der Waals surface area contributed by atoms with Gasteiger partial charge in [0.2, 0.25) is 10.0 Å². The van der Waals surface area contributed by atoms with E-state index in [2.05, 4.69) is 15.6 Å². The largest absolute Gasteiger partial charge is 0.382 e. The third-order valence-corrected chi connectivity index (χ3v) is 4.26. The minimum Gasteiger partial charge on any atom is -0.382 e. The van der Waals surface area contributed by atoms with Crippen LogP contribution in [0.4, 0.5) is 0 Å². The Balaban J connectivity index is 0. The maximum atomic E-state index is 11.4. The quantitative estimate of drug-likeness (QED) is 0.211. The van der Waals surface area contributed by atoms with Crippen LogP contribution in [0.5, 0.6) is 0 Å². The molecule has 134 valence electrons. The topological polar surface area (TPSA) is 83.0 Å². The van der Waals surface area contributed by atoms with Gasteiger partial charge in [-0.25, -0.2) is 12.7 Å². The molecule has 7 nitrogen and oxygen atoms in total. The van der Waals surface area contributed by atoms with E-state index in [4.69, 9.17) is 4.74 Å². The fourth-order valence-electron chi connectivity index (χ4n) is 1.77. The van der Waals surface area contributed by atoms with Crippen LogP contribution in [0.15, 0.2) is 4.99 Å². The van der Waals surface area contributed by atoms with Gasteiger partial charge in [0.05, 0.1) is 6.26 Å². The van der Waals surface area contributed by atoms with E-state index in [-0.39, 0.29) is 24.0 Å². The Bertz CT molecular complexity index is 391. The van der Waals surface area contributed by atoms with E-state index in [1.807, 2.05) is 13.8 Å². The lowest BCUT2D eigenvalue weighted by molar-refractivity contribution is 0.145. The molecule has 0 aliphatic rings. The van der Waals surface area contributed by atoms with Crippen molar-refractivity contribution in [2.45, 2.75) is 26.7 Å². The molecule has 0 amide bonds. The minimum absolute atomic E-state index is 0. The SMILES string of the molecule is CCOCCCNC(=NC)NCCCN(CC)S(C)(=O)=O.I. The molecular weight excluding hydrogens is 419 g/mol. The average Bonchev–Trinajstić information content (AvgIpc) is 2.43. The van der Waals surface area contributed by atoms with Gasteiger partial charge in [0.25, 0.3) is 0 Å². The lowest BCUT2D eigenvalue weighted by atomic mass is 10.4. The molecule has 0 saturated carbocycles. The summed E-state index contributed by atoms with van der Waals surface area (Å²) >= 11 is 0. The summed E-state index contributed by atoms with van der Waals surface area (Å²) in [6.45, 7) is 7.78. The molecule has 9 heteroatoms. The second-order valence-corrected chi connectivity index (χ2v) is 6.57. The smallest absolute Gasteiger partial charge is 0.211 e. The monoisotopic (exact) mass is 450 g/mol. The Morgan fingerprint density at radius 1 is 1.18 bits per heavy atom. The molecule has 0 atom stereocenters. The maximum Gasteiger partial charge on any atom is 0.211 e. The summed E-state index contributed by atoms with van der Waals surface area (Å²) in [4.78, 5) is 4.11. The van der Waals surface area contributed by atoms with Crippen molar-refractivity contribution >= 4 is 40.0 Å². The molecule has 0 rings (SSSR count). The molecule has 0 bridgehead atoms. The van der Waals surface area contributed by atoms with E-state index >= 15 is 0 Å². The van der Waals surface area contributed by atoms with Crippen molar-refractivity contribution in [2.75, 3.05) is 52.7 Å². The van der Waals surface area contributed by atoms with Crippen LogP contribution in [-0.4, -0.2) is 71.4 Å². The van der Waals surface area contributed by atoms with Crippen molar-refractivity contribution in [3.8, 4) is 0 Å². The molecule has 0 fully saturated rings. The molecule has 22 heavy (non-hydrogen) atoms. The number of rotatable bonds is 11. The predicted molar refractivity (Wildman–Crippen MR) is 103 cm³/mol. The van der Waals surface area contributed by atoms with Crippen molar-refractivity contribution in [1.29, 1.82) is 0 Å². The second-order valence-electron chi connectivity index (χ2n) is 4.58. The molecule has 0 saturated heterocycles. The molecule has 0 spiro atoms. The molecule has 0 aliphatic carbocycles. The van der Waals surface area contributed by atoms with Crippen LogP contribution in [0.25, 0.3) is 0 Å². The number of nitrogens with one attached hydrogen (secondary N) is 2. The molecule has 0 aromatic heterocycles. The molecule has 0 aliphatic heterocycles. The van der Waals surface area contributed by atoms with Crippen molar-refractivity contribution in [3.63, 3.8) is 0 Å². The Kier molecular flexibility index (Phi) is 15.9. The van der Waals surface area contributed by atoms with Crippen LogP contribution in [0.1, 0.15) is 26.7 Å². The zero-order chi connectivity index (χ0) is 16.1. The summed E-state index contributed by atoms with van der Waals surface area (Å²) in [5.74, 6) is 0.730. The van der Waals surface area contributed by atoms with Gasteiger partial charge in [-0.05, 0) is 19.8 Å². The fraction of sp³-hybridized carbons (Fsp3) is 0.923. The van der Waals surface area contributed by atoms with E-state index < -0.39 is 10.0 Å². The van der Waals surface area contributed by atoms with Crippen LogP contribution in [0, 0.1) is 0 Å². The van der Waals surface area contributed by atoms with Gasteiger partial charge in [-0.15, -0.1) is 24.0 Å². The fourth-order valence-corrected chi connectivity index (χ4v) is 2.70. The normalized spacial score (nSPS) is 12.1. The highest BCUT2D eigenvalue weighted by molar-refractivity contribution is 14.0. The van der Waals surface area contributed by atoms with Crippen LogP contribution in [0.3, 0.4) is 0 Å². The number of aliphatic imine (C=N–C) groups is 1. The van der Waals surface area contributed by atoms with Crippen LogP contribution < -0.4 is 10.6 Å². The van der Waals surface area contributed by atoms with Gasteiger partial charge in [0.15, 0.2) is 5.96 Å². The molecule has 0 radical (unpaired) electrons. The van der Waals surface area contributed by atoms with Crippen LogP contribution >= 0.6 is 24.0 Å². The van der Waals surface area contributed by atoms with Gasteiger partial charge in [-0.3, -0.25) is 4.99 Å². The highest BCUT2D eigenvalue weighted by Gasteiger charge is 2.13. The maximum absolute atomic E-state index is 11.4. The molecule has 0 heterocycles. The van der Waals surface area contributed by atoms with Crippen molar-refractivity contribution in [1.82, 2.24) is 14.9 Å².